The molecule has 2 N–H and O–H groups in total. The first-order chi connectivity index (χ1) is 18.5. The molecule has 0 saturated carbocycles. The smallest absolute Gasteiger partial charge is 0.247 e. The fourth-order valence-electron chi connectivity index (χ4n) is 4.02. The Morgan fingerprint density at radius 2 is 1.66 bits per heavy atom. The maximum Gasteiger partial charge on any atom is 0.247 e. The number of rotatable bonds is 8. The average Bonchev–Trinajstić information content (AvgIpc) is 3.32. The Labute approximate surface area is 234 Å². The number of benzene rings is 3. The number of fused-ring (bicyclic) bond motifs is 1. The fraction of sp³-hybridized carbons (Fsp3) is 0.100. The van der Waals surface area contributed by atoms with Gasteiger partial charge < -0.3 is 10.6 Å². The second-order valence-electron chi connectivity index (χ2n) is 8.83. The number of aromatic nitrogens is 3. The van der Waals surface area contributed by atoms with Crippen molar-refractivity contribution in [2.75, 3.05) is 5.32 Å². The van der Waals surface area contributed by atoms with E-state index < -0.39 is 0 Å². The van der Waals surface area contributed by atoms with Gasteiger partial charge in [0.05, 0.1) is 16.4 Å². The molecule has 0 spiro atoms. The number of hydrogen-bond donors (Lipinski definition) is 2. The summed E-state index contributed by atoms with van der Waals surface area (Å²) in [6, 6.07) is 27.6. The summed E-state index contributed by atoms with van der Waals surface area (Å²) in [5, 5.41) is 11.6. The van der Waals surface area contributed by atoms with Gasteiger partial charge in [0, 0.05) is 35.3 Å². The highest BCUT2D eigenvalue weighted by molar-refractivity contribution is 9.10. The molecule has 1 amide bonds. The quantitative estimate of drug-likeness (QED) is 0.190. The van der Waals surface area contributed by atoms with Crippen molar-refractivity contribution in [1.82, 2.24) is 19.9 Å². The van der Waals surface area contributed by atoms with Crippen LogP contribution in [0.25, 0.3) is 23.0 Å². The maximum atomic E-state index is 12.5. The van der Waals surface area contributed by atoms with Crippen LogP contribution in [0.2, 0.25) is 5.02 Å². The van der Waals surface area contributed by atoms with Crippen LogP contribution in [-0.4, -0.2) is 20.5 Å². The number of nitrogens with zero attached hydrogens (tertiary/aromatic N) is 3. The molecule has 0 aliphatic rings. The number of carbonyl (C=O) groups is 1. The summed E-state index contributed by atoms with van der Waals surface area (Å²) in [5.41, 5.74) is 6.11. The number of nitrogens with one attached hydrogen (secondary N) is 2. The van der Waals surface area contributed by atoms with Crippen molar-refractivity contribution in [2.24, 2.45) is 0 Å². The molecule has 2 heterocycles. The standard InChI is InChI=1S/C30H25BrClN5O/c1-20(15-21-7-3-2-4-8-21)30(38)34-18-23-13-11-22(12-14-23)17-33-28-16-27(24-9-5-6-10-26(24)32)36-29-25(31)19-35-37(28)29/h2-16,19,33H,17-18H2,1H3,(H,34,38). The predicted octanol–water partition coefficient (Wildman–Crippen LogP) is 7.14. The number of amides is 1. The van der Waals surface area contributed by atoms with Gasteiger partial charge in [0.15, 0.2) is 5.65 Å². The molecular weight excluding hydrogens is 562 g/mol. The van der Waals surface area contributed by atoms with E-state index in [1.165, 1.54) is 0 Å². The Kier molecular flexibility index (Phi) is 7.86. The van der Waals surface area contributed by atoms with Crippen molar-refractivity contribution < 1.29 is 4.79 Å². The Bertz CT molecular complexity index is 1610. The lowest BCUT2D eigenvalue weighted by Crippen LogP contribution is -2.23. The van der Waals surface area contributed by atoms with Crippen LogP contribution in [0.5, 0.6) is 0 Å². The van der Waals surface area contributed by atoms with Crippen molar-refractivity contribution >= 4 is 51.0 Å². The monoisotopic (exact) mass is 585 g/mol. The Hall–Kier alpha value is -3.94. The molecule has 5 aromatic rings. The predicted molar refractivity (Wildman–Crippen MR) is 157 cm³/mol. The number of halogens is 2. The van der Waals surface area contributed by atoms with E-state index in [9.17, 15) is 4.79 Å². The molecule has 0 fully saturated rings. The lowest BCUT2D eigenvalue weighted by molar-refractivity contribution is -0.117. The SMILES string of the molecule is CC(=Cc1ccccc1)C(=O)NCc1ccc(CNc2cc(-c3ccccc3Cl)nc3c(Br)cnn23)cc1. The third-order valence-corrected chi connectivity index (χ3v) is 6.96. The molecule has 2 aromatic heterocycles. The van der Waals surface area contributed by atoms with Crippen LogP contribution >= 0.6 is 27.5 Å². The van der Waals surface area contributed by atoms with Crippen LogP contribution in [0.3, 0.4) is 0 Å². The van der Waals surface area contributed by atoms with E-state index in [0.29, 0.717) is 29.3 Å². The highest BCUT2D eigenvalue weighted by Crippen LogP contribution is 2.30. The van der Waals surface area contributed by atoms with Gasteiger partial charge in [-0.1, -0.05) is 84.4 Å². The van der Waals surface area contributed by atoms with Crippen molar-refractivity contribution in [2.45, 2.75) is 20.0 Å². The molecule has 38 heavy (non-hydrogen) atoms. The van der Waals surface area contributed by atoms with Crippen LogP contribution in [-0.2, 0) is 17.9 Å². The van der Waals surface area contributed by atoms with Gasteiger partial charge in [0.1, 0.15) is 5.82 Å². The van der Waals surface area contributed by atoms with Crippen LogP contribution in [0.1, 0.15) is 23.6 Å². The molecule has 0 unspecified atom stereocenters. The van der Waals surface area contributed by atoms with Gasteiger partial charge in [0.25, 0.3) is 0 Å². The van der Waals surface area contributed by atoms with Crippen molar-refractivity contribution in [3.63, 3.8) is 0 Å². The minimum atomic E-state index is -0.0824. The lowest BCUT2D eigenvalue weighted by atomic mass is 10.1. The number of anilines is 1. The van der Waals surface area contributed by atoms with Crippen molar-refractivity contribution in [3.8, 4) is 11.3 Å². The molecular formula is C30H25BrClN5O. The highest BCUT2D eigenvalue weighted by atomic mass is 79.9. The van der Waals surface area contributed by atoms with Gasteiger partial charge in [-0.25, -0.2) is 4.98 Å². The van der Waals surface area contributed by atoms with Gasteiger partial charge in [-0.3, -0.25) is 4.79 Å². The largest absolute Gasteiger partial charge is 0.366 e. The summed E-state index contributed by atoms with van der Waals surface area (Å²) >= 11 is 9.98. The zero-order valence-corrected chi connectivity index (χ0v) is 23.0. The molecule has 0 aliphatic heterocycles. The van der Waals surface area contributed by atoms with Crippen molar-refractivity contribution in [1.29, 1.82) is 0 Å². The molecule has 3 aromatic carbocycles. The molecule has 6 nitrogen and oxygen atoms in total. The highest BCUT2D eigenvalue weighted by Gasteiger charge is 2.13. The summed E-state index contributed by atoms with van der Waals surface area (Å²) < 4.78 is 2.56. The lowest BCUT2D eigenvalue weighted by Gasteiger charge is -2.12. The summed E-state index contributed by atoms with van der Waals surface area (Å²) in [5.74, 6) is 0.716. The van der Waals surface area contributed by atoms with Gasteiger partial charge in [0.2, 0.25) is 5.91 Å². The van der Waals surface area contributed by atoms with E-state index in [0.717, 1.165) is 38.2 Å². The molecule has 8 heteroatoms. The van der Waals surface area contributed by atoms with Gasteiger partial charge in [-0.05, 0) is 51.7 Å². The van der Waals surface area contributed by atoms with Gasteiger partial charge in [-0.2, -0.15) is 9.61 Å². The first kappa shape index (κ1) is 25.7. The Balaban J connectivity index is 1.25. The molecule has 0 aliphatic carbocycles. The number of hydrogen-bond acceptors (Lipinski definition) is 4. The number of carbonyl (C=O) groups excluding carboxylic acids is 1. The van der Waals surface area contributed by atoms with E-state index in [4.69, 9.17) is 16.6 Å². The first-order valence-corrected chi connectivity index (χ1v) is 13.3. The fourth-order valence-corrected chi connectivity index (χ4v) is 4.60. The summed E-state index contributed by atoms with van der Waals surface area (Å²) in [6.45, 7) is 2.87. The Morgan fingerprint density at radius 3 is 2.39 bits per heavy atom. The minimum absolute atomic E-state index is 0.0824. The van der Waals surface area contributed by atoms with Gasteiger partial charge in [-0.15, -0.1) is 0 Å². The first-order valence-electron chi connectivity index (χ1n) is 12.1. The molecule has 0 bridgehead atoms. The molecule has 0 atom stereocenters. The van der Waals surface area contributed by atoms with E-state index >= 15 is 0 Å². The summed E-state index contributed by atoms with van der Waals surface area (Å²) in [7, 11) is 0. The van der Waals surface area contributed by atoms with E-state index in [1.54, 1.807) is 10.7 Å². The van der Waals surface area contributed by atoms with E-state index in [1.807, 2.05) is 97.9 Å². The van der Waals surface area contributed by atoms with Crippen LogP contribution in [0.4, 0.5) is 5.82 Å². The van der Waals surface area contributed by atoms with E-state index in [-0.39, 0.29) is 5.91 Å². The normalized spacial score (nSPS) is 11.5. The molecule has 0 radical (unpaired) electrons. The van der Waals surface area contributed by atoms with Crippen LogP contribution < -0.4 is 10.6 Å². The third-order valence-electron chi connectivity index (χ3n) is 6.07. The Morgan fingerprint density at radius 1 is 0.974 bits per heavy atom. The van der Waals surface area contributed by atoms with Crippen molar-refractivity contribution in [3.05, 3.63) is 123 Å². The second kappa shape index (κ2) is 11.6. The average molecular weight is 587 g/mol. The molecule has 5 rings (SSSR count). The topological polar surface area (TPSA) is 71.3 Å². The van der Waals surface area contributed by atoms with E-state index in [2.05, 4.69) is 31.7 Å². The van der Waals surface area contributed by atoms with Crippen LogP contribution in [0, 0.1) is 0 Å². The zero-order valence-electron chi connectivity index (χ0n) is 20.7. The zero-order chi connectivity index (χ0) is 26.5. The van der Waals surface area contributed by atoms with Gasteiger partial charge >= 0.3 is 0 Å². The summed E-state index contributed by atoms with van der Waals surface area (Å²) in [6.07, 6.45) is 3.61. The molecule has 0 saturated heterocycles. The van der Waals surface area contributed by atoms with Crippen LogP contribution in [0.15, 0.2) is 101 Å². The minimum Gasteiger partial charge on any atom is -0.366 e. The maximum absolute atomic E-state index is 12.5. The summed E-state index contributed by atoms with van der Waals surface area (Å²) in [4.78, 5) is 17.2. The second-order valence-corrected chi connectivity index (χ2v) is 10.1. The molecule has 190 valence electrons. The third kappa shape index (κ3) is 5.96.